The predicted octanol–water partition coefficient (Wildman–Crippen LogP) is 6.36. The summed E-state index contributed by atoms with van der Waals surface area (Å²) in [5.74, 6) is -0.566. The first-order valence-electron chi connectivity index (χ1n) is 10.0. The van der Waals surface area contributed by atoms with E-state index >= 15 is 0 Å². The highest BCUT2D eigenvalue weighted by Crippen LogP contribution is 2.36. The fourth-order valence-electron chi connectivity index (χ4n) is 3.13. The van der Waals surface area contributed by atoms with E-state index in [1.54, 1.807) is 42.5 Å². The highest BCUT2D eigenvalue weighted by atomic mass is 35.5. The van der Waals surface area contributed by atoms with Crippen LogP contribution in [0.25, 0.3) is 0 Å². The van der Waals surface area contributed by atoms with E-state index < -0.39 is 23.6 Å². The van der Waals surface area contributed by atoms with Gasteiger partial charge in [0.25, 0.3) is 5.91 Å². The van der Waals surface area contributed by atoms with E-state index in [2.05, 4.69) is 10.6 Å². The minimum absolute atomic E-state index is 0.0886. The Morgan fingerprint density at radius 3 is 2.23 bits per heavy atom. The molecule has 0 aromatic heterocycles. The lowest BCUT2D eigenvalue weighted by Crippen LogP contribution is -2.18. The summed E-state index contributed by atoms with van der Waals surface area (Å²) < 4.78 is 50.2. The summed E-state index contributed by atoms with van der Waals surface area (Å²) >= 11 is 6.76. The molecule has 11 heteroatoms. The number of ether oxygens (including phenoxy) is 2. The van der Waals surface area contributed by atoms with Gasteiger partial charge in [-0.15, -0.1) is 11.8 Å². The average molecular weight is 525 g/mol. The fraction of sp³-hybridized carbons (Fsp3) is 0.167. The molecule has 0 bridgehead atoms. The molecule has 2 amide bonds. The monoisotopic (exact) mass is 524 g/mol. The molecule has 0 radical (unpaired) electrons. The smallest absolute Gasteiger partial charge is 0.418 e. The number of benzene rings is 3. The molecule has 184 valence electrons. The normalized spacial score (nSPS) is 11.0. The molecule has 0 fully saturated rings. The number of carbonyl (C=O) groups excluding carboxylic acids is 2. The van der Waals surface area contributed by atoms with Gasteiger partial charge in [-0.2, -0.15) is 13.2 Å². The van der Waals surface area contributed by atoms with Crippen molar-refractivity contribution in [2.75, 3.05) is 30.6 Å². The Morgan fingerprint density at radius 2 is 1.60 bits per heavy atom. The van der Waals surface area contributed by atoms with Crippen molar-refractivity contribution in [3.8, 4) is 11.5 Å². The largest absolute Gasteiger partial charge is 0.496 e. The minimum atomic E-state index is -4.67. The van der Waals surface area contributed by atoms with Gasteiger partial charge in [-0.25, -0.2) is 0 Å². The molecule has 0 aliphatic heterocycles. The van der Waals surface area contributed by atoms with Gasteiger partial charge in [0.05, 0.1) is 31.2 Å². The Hall–Kier alpha value is -3.37. The third kappa shape index (κ3) is 6.83. The van der Waals surface area contributed by atoms with Gasteiger partial charge in [-0.05, 0) is 48.5 Å². The molecule has 35 heavy (non-hydrogen) atoms. The first kappa shape index (κ1) is 26.2. The molecule has 0 spiro atoms. The number of hydrogen-bond donors (Lipinski definition) is 2. The van der Waals surface area contributed by atoms with Crippen LogP contribution < -0.4 is 20.1 Å². The van der Waals surface area contributed by atoms with E-state index in [-0.39, 0.29) is 22.0 Å². The van der Waals surface area contributed by atoms with Crippen LogP contribution in [0.4, 0.5) is 24.5 Å². The summed E-state index contributed by atoms with van der Waals surface area (Å²) in [7, 11) is 2.88. The summed E-state index contributed by atoms with van der Waals surface area (Å²) in [5.41, 5.74) is -0.733. The highest BCUT2D eigenvalue weighted by Gasteiger charge is 2.34. The summed E-state index contributed by atoms with van der Waals surface area (Å²) in [4.78, 5) is 25.8. The Kier molecular flexibility index (Phi) is 8.52. The molecule has 0 unspecified atom stereocenters. The van der Waals surface area contributed by atoms with Gasteiger partial charge in [-0.3, -0.25) is 9.59 Å². The van der Waals surface area contributed by atoms with Gasteiger partial charge < -0.3 is 20.1 Å². The van der Waals surface area contributed by atoms with Crippen LogP contribution in [0.3, 0.4) is 0 Å². The van der Waals surface area contributed by atoms with Crippen molar-refractivity contribution in [2.24, 2.45) is 0 Å². The van der Waals surface area contributed by atoms with Crippen molar-refractivity contribution in [1.29, 1.82) is 0 Å². The summed E-state index contributed by atoms with van der Waals surface area (Å²) in [6, 6.07) is 14.8. The molecule has 3 aromatic rings. The van der Waals surface area contributed by atoms with Crippen molar-refractivity contribution in [1.82, 2.24) is 0 Å². The van der Waals surface area contributed by atoms with Crippen molar-refractivity contribution in [2.45, 2.75) is 11.1 Å². The molecule has 0 heterocycles. The first-order valence-corrected chi connectivity index (χ1v) is 11.4. The van der Waals surface area contributed by atoms with Crippen molar-refractivity contribution < 1.29 is 32.2 Å². The zero-order valence-corrected chi connectivity index (χ0v) is 20.1. The summed E-state index contributed by atoms with van der Waals surface area (Å²) in [5, 5.41) is 4.94. The minimum Gasteiger partial charge on any atom is -0.496 e. The van der Waals surface area contributed by atoms with E-state index in [1.165, 1.54) is 20.3 Å². The Balaban J connectivity index is 1.67. The second-order valence-electron chi connectivity index (χ2n) is 7.04. The van der Waals surface area contributed by atoms with Gasteiger partial charge in [0, 0.05) is 15.6 Å². The first-order chi connectivity index (χ1) is 16.6. The molecule has 3 aromatic carbocycles. The number of anilines is 2. The lowest BCUT2D eigenvalue weighted by Gasteiger charge is -2.14. The topological polar surface area (TPSA) is 76.7 Å². The van der Waals surface area contributed by atoms with Crippen molar-refractivity contribution in [3.63, 3.8) is 0 Å². The lowest BCUT2D eigenvalue weighted by atomic mass is 10.1. The number of alkyl halides is 3. The Morgan fingerprint density at radius 1 is 0.943 bits per heavy atom. The van der Waals surface area contributed by atoms with Crippen LogP contribution in [0.5, 0.6) is 11.5 Å². The van der Waals surface area contributed by atoms with Crippen LogP contribution in [0, 0.1) is 0 Å². The number of nitrogens with one attached hydrogen (secondary N) is 2. The maximum Gasteiger partial charge on any atom is 0.418 e. The zero-order chi connectivity index (χ0) is 25.6. The molecular formula is C24H20ClF3N2O4S. The number of methoxy groups -OCH3 is 2. The van der Waals surface area contributed by atoms with Gasteiger partial charge in [-0.1, -0.05) is 23.7 Å². The third-order valence-electron chi connectivity index (χ3n) is 4.68. The number of amides is 2. The summed E-state index contributed by atoms with van der Waals surface area (Å²) in [6.45, 7) is 0. The number of thioether (sulfide) groups is 1. The predicted molar refractivity (Wildman–Crippen MR) is 130 cm³/mol. The van der Waals surface area contributed by atoms with E-state index in [0.29, 0.717) is 22.1 Å². The zero-order valence-electron chi connectivity index (χ0n) is 18.5. The quantitative estimate of drug-likeness (QED) is 0.335. The van der Waals surface area contributed by atoms with Crippen LogP contribution in [0.1, 0.15) is 15.9 Å². The van der Waals surface area contributed by atoms with Crippen molar-refractivity contribution in [3.05, 3.63) is 76.8 Å². The fourth-order valence-corrected chi connectivity index (χ4v) is 4.05. The van der Waals surface area contributed by atoms with Crippen LogP contribution in [0.2, 0.25) is 5.02 Å². The van der Waals surface area contributed by atoms with E-state index in [1.807, 2.05) is 0 Å². The number of hydrogen-bond acceptors (Lipinski definition) is 5. The lowest BCUT2D eigenvalue weighted by molar-refractivity contribution is -0.137. The van der Waals surface area contributed by atoms with E-state index in [9.17, 15) is 22.8 Å². The van der Waals surface area contributed by atoms with Crippen LogP contribution in [-0.2, 0) is 11.0 Å². The second-order valence-corrected chi connectivity index (χ2v) is 8.53. The van der Waals surface area contributed by atoms with E-state index in [4.69, 9.17) is 21.1 Å². The maximum absolute atomic E-state index is 13.2. The molecule has 0 aliphatic rings. The Labute approximate surface area is 208 Å². The maximum atomic E-state index is 13.2. The molecule has 2 N–H and O–H groups in total. The number of rotatable bonds is 8. The molecule has 0 atom stereocenters. The standard InChI is InChI=1S/C24H20ClF3N2O4S/c1-33-19-7-4-8-20(34-2)22(19)23(32)29-15-5-3-6-16(12-15)35-13-21(31)30-18-10-9-14(25)11-17(18)24(26,27)28/h3-12H,13H2,1-2H3,(H,29,32)(H,30,31). The molecule has 6 nitrogen and oxygen atoms in total. The summed E-state index contributed by atoms with van der Waals surface area (Å²) in [6.07, 6.45) is -4.67. The molecule has 0 saturated heterocycles. The van der Waals surface area contributed by atoms with Crippen LogP contribution in [-0.4, -0.2) is 31.8 Å². The second kappa shape index (κ2) is 11.4. The van der Waals surface area contributed by atoms with Crippen LogP contribution in [0.15, 0.2) is 65.6 Å². The van der Waals surface area contributed by atoms with Gasteiger partial charge >= 0.3 is 6.18 Å². The molecule has 0 aliphatic carbocycles. The highest BCUT2D eigenvalue weighted by molar-refractivity contribution is 8.00. The van der Waals surface area contributed by atoms with Crippen LogP contribution >= 0.6 is 23.4 Å². The van der Waals surface area contributed by atoms with Gasteiger partial charge in [0.15, 0.2) is 0 Å². The number of carbonyl (C=O) groups is 2. The molecule has 0 saturated carbocycles. The Bertz CT molecular complexity index is 1220. The number of halogens is 4. The molecule has 3 rings (SSSR count). The van der Waals surface area contributed by atoms with E-state index in [0.717, 1.165) is 23.9 Å². The van der Waals surface area contributed by atoms with Gasteiger partial charge in [0.1, 0.15) is 17.1 Å². The van der Waals surface area contributed by atoms with Gasteiger partial charge in [0.2, 0.25) is 5.91 Å². The third-order valence-corrected chi connectivity index (χ3v) is 5.91. The SMILES string of the molecule is COc1cccc(OC)c1C(=O)Nc1cccc(SCC(=O)Nc2ccc(Cl)cc2C(F)(F)F)c1. The average Bonchev–Trinajstić information content (AvgIpc) is 2.82. The molecular weight excluding hydrogens is 505 g/mol. The van der Waals surface area contributed by atoms with Crippen molar-refractivity contribution >= 4 is 46.6 Å².